The minimum Gasteiger partial charge on any atom is -0.490 e. The topological polar surface area (TPSA) is 91.4 Å². The summed E-state index contributed by atoms with van der Waals surface area (Å²) in [7, 11) is 1.57. The minimum atomic E-state index is -0.488. The van der Waals surface area contributed by atoms with Crippen molar-refractivity contribution in [3.05, 3.63) is 27.1 Å². The van der Waals surface area contributed by atoms with Gasteiger partial charge in [0.2, 0.25) is 0 Å². The fourth-order valence-electron chi connectivity index (χ4n) is 2.62. The zero-order valence-electron chi connectivity index (χ0n) is 17.1. The van der Waals surface area contributed by atoms with E-state index in [2.05, 4.69) is 15.9 Å². The molecule has 2 amide bonds. The van der Waals surface area contributed by atoms with Gasteiger partial charge in [0.25, 0.3) is 11.1 Å². The molecule has 1 heterocycles. The number of imide groups is 1. The van der Waals surface area contributed by atoms with Crippen LogP contribution in [0.2, 0.25) is 0 Å². The lowest BCUT2D eigenvalue weighted by atomic mass is 10.2. The first-order valence-electron chi connectivity index (χ1n) is 9.40. The summed E-state index contributed by atoms with van der Waals surface area (Å²) in [5.74, 6) is -0.0626. The molecule has 1 aromatic carbocycles. The largest absolute Gasteiger partial charge is 0.490 e. The maximum atomic E-state index is 12.6. The van der Waals surface area contributed by atoms with Gasteiger partial charge < -0.3 is 18.9 Å². The number of halogens is 1. The Morgan fingerprint density at radius 3 is 2.63 bits per heavy atom. The Labute approximate surface area is 188 Å². The molecule has 1 fully saturated rings. The van der Waals surface area contributed by atoms with Gasteiger partial charge in [0.05, 0.1) is 22.6 Å². The fraction of sp³-hybridized carbons (Fsp3) is 0.450. The summed E-state index contributed by atoms with van der Waals surface area (Å²) in [6.07, 6.45) is 2.21. The first-order valence-corrected chi connectivity index (χ1v) is 11.0. The lowest BCUT2D eigenvalue weighted by Gasteiger charge is -2.14. The zero-order valence-corrected chi connectivity index (χ0v) is 19.5. The minimum absolute atomic E-state index is 0.258. The molecule has 1 aliphatic rings. The first kappa shape index (κ1) is 24.2. The molecule has 0 radical (unpaired) electrons. The van der Waals surface area contributed by atoms with Gasteiger partial charge >= 0.3 is 5.97 Å². The number of hydrogen-bond donors (Lipinski definition) is 0. The molecule has 8 nitrogen and oxygen atoms in total. The summed E-state index contributed by atoms with van der Waals surface area (Å²) >= 11 is 4.31. The van der Waals surface area contributed by atoms with Crippen LogP contribution in [0.25, 0.3) is 6.08 Å². The van der Waals surface area contributed by atoms with Crippen LogP contribution in [0.5, 0.6) is 11.5 Å². The molecule has 1 aliphatic heterocycles. The van der Waals surface area contributed by atoms with Crippen molar-refractivity contribution in [3.8, 4) is 11.5 Å². The first-order chi connectivity index (χ1) is 14.4. The second-order valence-electron chi connectivity index (χ2n) is 6.04. The van der Waals surface area contributed by atoms with Crippen molar-refractivity contribution in [2.45, 2.75) is 20.3 Å². The molecule has 0 spiro atoms. The summed E-state index contributed by atoms with van der Waals surface area (Å²) in [5.41, 5.74) is 0.649. The molecule has 1 aromatic rings. The van der Waals surface area contributed by atoms with E-state index in [1.165, 1.54) is 4.90 Å². The lowest BCUT2D eigenvalue weighted by Crippen LogP contribution is -2.29. The van der Waals surface area contributed by atoms with Crippen molar-refractivity contribution >= 4 is 50.9 Å². The van der Waals surface area contributed by atoms with Crippen LogP contribution in [0.3, 0.4) is 0 Å². The molecule has 1 saturated heterocycles. The van der Waals surface area contributed by atoms with Crippen LogP contribution in [0.4, 0.5) is 4.79 Å². The van der Waals surface area contributed by atoms with Crippen molar-refractivity contribution in [1.82, 2.24) is 4.90 Å². The summed E-state index contributed by atoms with van der Waals surface area (Å²) in [6, 6.07) is 3.41. The third kappa shape index (κ3) is 6.48. The van der Waals surface area contributed by atoms with Gasteiger partial charge in [-0.3, -0.25) is 14.5 Å². The molecule has 0 aliphatic carbocycles. The van der Waals surface area contributed by atoms with Gasteiger partial charge in [-0.05, 0) is 71.7 Å². The highest BCUT2D eigenvalue weighted by Gasteiger charge is 2.34. The predicted molar refractivity (Wildman–Crippen MR) is 117 cm³/mol. The molecule has 0 saturated carbocycles. The van der Waals surface area contributed by atoms with Crippen LogP contribution < -0.4 is 9.47 Å². The number of carbonyl (C=O) groups is 3. The van der Waals surface area contributed by atoms with Crippen LogP contribution in [-0.2, 0) is 19.1 Å². The molecule has 0 aromatic heterocycles. The van der Waals surface area contributed by atoms with Gasteiger partial charge in [-0.2, -0.15) is 0 Å². The molecular weight excluding hydrogens is 478 g/mol. The summed E-state index contributed by atoms with van der Waals surface area (Å²) < 4.78 is 21.6. The van der Waals surface area contributed by atoms with Crippen LogP contribution >= 0.6 is 27.7 Å². The number of carbonyl (C=O) groups excluding carboxylic acids is 3. The van der Waals surface area contributed by atoms with E-state index in [-0.39, 0.29) is 24.4 Å². The number of rotatable bonds is 11. The molecule has 0 atom stereocenters. The maximum absolute atomic E-state index is 12.6. The van der Waals surface area contributed by atoms with E-state index in [4.69, 9.17) is 18.9 Å². The van der Waals surface area contributed by atoms with E-state index < -0.39 is 5.97 Å². The highest BCUT2D eigenvalue weighted by molar-refractivity contribution is 9.10. The van der Waals surface area contributed by atoms with E-state index in [9.17, 15) is 14.4 Å². The van der Waals surface area contributed by atoms with Crippen molar-refractivity contribution in [3.63, 3.8) is 0 Å². The van der Waals surface area contributed by atoms with Crippen molar-refractivity contribution < 1.29 is 33.3 Å². The van der Waals surface area contributed by atoms with E-state index in [1.54, 1.807) is 32.2 Å². The molecule has 0 bridgehead atoms. The molecular formula is C20H24BrNO7S. The van der Waals surface area contributed by atoms with E-state index >= 15 is 0 Å². The standard InChI is InChI=1S/C20H24BrNO7S/c1-4-27-15-10-13(9-14(21)18(15)29-12-17(23)28-5-2)11-16-19(24)22(20(25)30-16)7-6-8-26-3/h9-11H,4-8,12H2,1-3H3/b16-11+. The van der Waals surface area contributed by atoms with E-state index in [1.807, 2.05) is 6.92 Å². The number of benzene rings is 1. The number of amides is 2. The van der Waals surface area contributed by atoms with Gasteiger partial charge in [0.1, 0.15) is 0 Å². The van der Waals surface area contributed by atoms with E-state index in [0.717, 1.165) is 11.8 Å². The molecule has 0 N–H and O–H groups in total. The van der Waals surface area contributed by atoms with E-state index in [0.29, 0.717) is 52.6 Å². The summed E-state index contributed by atoms with van der Waals surface area (Å²) in [6.45, 7) is 4.70. The fourth-order valence-corrected chi connectivity index (χ4v) is 4.06. The second-order valence-corrected chi connectivity index (χ2v) is 7.88. The highest BCUT2D eigenvalue weighted by Crippen LogP contribution is 2.39. The number of methoxy groups -OCH3 is 1. The van der Waals surface area contributed by atoms with Gasteiger partial charge in [-0.15, -0.1) is 0 Å². The van der Waals surface area contributed by atoms with Crippen LogP contribution in [0, 0.1) is 0 Å². The van der Waals surface area contributed by atoms with Gasteiger partial charge in [-0.25, -0.2) is 4.79 Å². The number of nitrogens with zero attached hydrogens (tertiary/aromatic N) is 1. The smallest absolute Gasteiger partial charge is 0.344 e. The average molecular weight is 502 g/mol. The number of esters is 1. The number of hydrogen-bond acceptors (Lipinski definition) is 8. The Morgan fingerprint density at radius 2 is 1.97 bits per heavy atom. The Morgan fingerprint density at radius 1 is 1.20 bits per heavy atom. The van der Waals surface area contributed by atoms with Crippen molar-refractivity contribution in [2.24, 2.45) is 0 Å². The molecule has 10 heteroatoms. The maximum Gasteiger partial charge on any atom is 0.344 e. The average Bonchev–Trinajstić information content (AvgIpc) is 2.95. The van der Waals surface area contributed by atoms with Crippen molar-refractivity contribution in [2.75, 3.05) is 40.1 Å². The van der Waals surface area contributed by atoms with Gasteiger partial charge in [0.15, 0.2) is 18.1 Å². The summed E-state index contributed by atoms with van der Waals surface area (Å²) in [5, 5.41) is -0.305. The number of ether oxygens (including phenoxy) is 4. The van der Waals surface area contributed by atoms with Crippen molar-refractivity contribution in [1.29, 1.82) is 0 Å². The Kier molecular flexibility index (Phi) is 9.67. The number of thioether (sulfide) groups is 1. The Bertz CT molecular complexity index is 828. The lowest BCUT2D eigenvalue weighted by molar-refractivity contribution is -0.145. The third-order valence-corrected chi connectivity index (χ3v) is 5.37. The monoisotopic (exact) mass is 501 g/mol. The second kappa shape index (κ2) is 12.0. The molecule has 164 valence electrons. The normalized spacial score (nSPS) is 15.1. The summed E-state index contributed by atoms with van der Waals surface area (Å²) in [4.78, 5) is 37.9. The Balaban J connectivity index is 2.22. The quantitative estimate of drug-likeness (QED) is 0.256. The zero-order chi connectivity index (χ0) is 22.1. The SMILES string of the molecule is CCOC(=O)COc1c(Br)cc(/C=C2/SC(=O)N(CCCOC)C2=O)cc1OCC. The highest BCUT2D eigenvalue weighted by atomic mass is 79.9. The molecule has 2 rings (SSSR count). The van der Waals surface area contributed by atoms with Gasteiger partial charge in [-0.1, -0.05) is 0 Å². The van der Waals surface area contributed by atoms with Gasteiger partial charge in [0, 0.05) is 20.3 Å². The van der Waals surface area contributed by atoms with Crippen LogP contribution in [0.1, 0.15) is 25.8 Å². The molecule has 30 heavy (non-hydrogen) atoms. The van der Waals surface area contributed by atoms with Crippen LogP contribution in [0.15, 0.2) is 21.5 Å². The predicted octanol–water partition coefficient (Wildman–Crippen LogP) is 3.86. The Hall–Kier alpha value is -2.04. The molecule has 0 unspecified atom stereocenters. The third-order valence-electron chi connectivity index (χ3n) is 3.87. The van der Waals surface area contributed by atoms with Crippen LogP contribution in [-0.4, -0.2) is 62.1 Å².